The number of carbonyl (C=O) groups excluding carboxylic acids is 2. The zero-order valence-corrected chi connectivity index (χ0v) is 14.9. The molecule has 1 saturated carbocycles. The van der Waals surface area contributed by atoms with Gasteiger partial charge in [0.25, 0.3) is 0 Å². The number of hydrogen-bond donors (Lipinski definition) is 1. The first-order chi connectivity index (χ1) is 10.9. The number of hydrogen-bond acceptors (Lipinski definition) is 4. The van der Waals surface area contributed by atoms with Crippen LogP contribution >= 0.6 is 0 Å². The van der Waals surface area contributed by atoms with Crippen LogP contribution in [0.3, 0.4) is 0 Å². The van der Waals surface area contributed by atoms with Crippen LogP contribution in [0, 0.1) is 11.8 Å². The molecule has 2 aliphatic rings. The summed E-state index contributed by atoms with van der Waals surface area (Å²) in [5, 5.41) is 2.66. The Morgan fingerprint density at radius 1 is 1.17 bits per heavy atom. The molecule has 6 heteroatoms. The number of amides is 2. The summed E-state index contributed by atoms with van der Waals surface area (Å²) in [7, 11) is 2.85. The number of nitrogens with zero attached hydrogens (tertiary/aromatic N) is 1. The summed E-state index contributed by atoms with van der Waals surface area (Å²) in [5.74, 6) is 0.960. The van der Waals surface area contributed by atoms with E-state index in [9.17, 15) is 9.59 Å². The van der Waals surface area contributed by atoms with Crippen LogP contribution < -0.4 is 5.32 Å². The zero-order chi connectivity index (χ0) is 17.1. The summed E-state index contributed by atoms with van der Waals surface area (Å²) in [6.07, 6.45) is 3.50. The van der Waals surface area contributed by atoms with Gasteiger partial charge in [0.2, 0.25) is 5.91 Å². The summed E-state index contributed by atoms with van der Waals surface area (Å²) in [6.45, 7) is 6.12. The van der Waals surface area contributed by atoms with Gasteiger partial charge in [0.15, 0.2) is 0 Å². The Kier molecular flexibility index (Phi) is 5.89. The van der Waals surface area contributed by atoms with Gasteiger partial charge in [-0.25, -0.2) is 4.79 Å². The Balaban J connectivity index is 2.23. The number of likely N-dealkylation sites (tertiary alicyclic amines) is 1. The van der Waals surface area contributed by atoms with Crippen molar-refractivity contribution in [3.8, 4) is 0 Å². The van der Waals surface area contributed by atoms with Crippen LogP contribution in [-0.2, 0) is 14.3 Å². The average Bonchev–Trinajstić information content (AvgIpc) is 3.11. The Morgan fingerprint density at radius 2 is 1.87 bits per heavy atom. The van der Waals surface area contributed by atoms with E-state index in [-0.39, 0.29) is 11.9 Å². The van der Waals surface area contributed by atoms with Crippen LogP contribution in [0.5, 0.6) is 0 Å². The fourth-order valence-corrected chi connectivity index (χ4v) is 4.11. The Labute approximate surface area is 138 Å². The molecule has 5 atom stereocenters. The number of rotatable bonds is 5. The van der Waals surface area contributed by atoms with Gasteiger partial charge >= 0.3 is 6.09 Å². The van der Waals surface area contributed by atoms with Crippen LogP contribution in [0.25, 0.3) is 0 Å². The second kappa shape index (κ2) is 7.51. The molecule has 0 spiro atoms. The molecule has 6 nitrogen and oxygen atoms in total. The maximum Gasteiger partial charge on any atom is 0.407 e. The molecule has 2 rings (SSSR count). The van der Waals surface area contributed by atoms with Crippen LogP contribution in [0.4, 0.5) is 4.79 Å². The van der Waals surface area contributed by atoms with Crippen molar-refractivity contribution in [2.24, 2.45) is 11.8 Å². The van der Waals surface area contributed by atoms with Gasteiger partial charge < -0.3 is 19.7 Å². The van der Waals surface area contributed by atoms with Crippen molar-refractivity contribution in [1.82, 2.24) is 10.2 Å². The number of fused-ring (bicyclic) bond motifs is 1. The Hall–Kier alpha value is -1.30. The third-order valence-corrected chi connectivity index (χ3v) is 5.47. The maximum atomic E-state index is 13.2. The topological polar surface area (TPSA) is 67.9 Å². The molecule has 0 aromatic heterocycles. The van der Waals surface area contributed by atoms with Crippen molar-refractivity contribution in [3.63, 3.8) is 0 Å². The minimum atomic E-state index is -0.715. The number of methoxy groups -OCH3 is 2. The van der Waals surface area contributed by atoms with Gasteiger partial charge in [-0.2, -0.15) is 0 Å². The highest BCUT2D eigenvalue weighted by Crippen LogP contribution is 2.43. The van der Waals surface area contributed by atoms with Gasteiger partial charge in [0.05, 0.1) is 13.2 Å². The standard InChI is InChI=1S/C17H30N2O4/c1-10(2)14-9-12-7-6-8-13(12)19(14)16(20)15(11(3)22-4)18-17(21)23-5/h10-15H,6-9H2,1-5H3,(H,18,21)/t11-,12-,13-,14?,15-/m0/s1. The van der Waals surface area contributed by atoms with Crippen LogP contribution in [0.1, 0.15) is 46.5 Å². The SMILES string of the molecule is COC(=O)N[C@H](C(=O)N1C(C(C)C)C[C@@H]2CCC[C@@H]21)[C@H](C)OC. The second-order valence-electron chi connectivity index (χ2n) is 7.11. The summed E-state index contributed by atoms with van der Waals surface area (Å²) in [5.41, 5.74) is 0. The highest BCUT2D eigenvalue weighted by molar-refractivity contribution is 5.87. The smallest absolute Gasteiger partial charge is 0.407 e. The van der Waals surface area contributed by atoms with Crippen LogP contribution in [0.2, 0.25) is 0 Å². The van der Waals surface area contributed by atoms with E-state index in [0.717, 1.165) is 12.8 Å². The molecule has 1 saturated heterocycles. The lowest BCUT2D eigenvalue weighted by molar-refractivity contribution is -0.140. The van der Waals surface area contributed by atoms with Crippen LogP contribution in [0.15, 0.2) is 0 Å². The molecule has 1 N–H and O–H groups in total. The van der Waals surface area contributed by atoms with E-state index >= 15 is 0 Å². The number of nitrogens with one attached hydrogen (secondary N) is 1. The first-order valence-corrected chi connectivity index (χ1v) is 8.60. The lowest BCUT2D eigenvalue weighted by Crippen LogP contribution is -2.57. The predicted molar refractivity (Wildman–Crippen MR) is 87.0 cm³/mol. The molecule has 1 aliphatic carbocycles. The van der Waals surface area contributed by atoms with E-state index in [0.29, 0.717) is 17.9 Å². The van der Waals surface area contributed by atoms with E-state index in [1.54, 1.807) is 14.0 Å². The Morgan fingerprint density at radius 3 is 2.43 bits per heavy atom. The Bertz CT molecular complexity index is 440. The number of alkyl carbamates (subject to hydrolysis) is 1. The van der Waals surface area contributed by atoms with E-state index in [1.807, 2.05) is 4.90 Å². The molecule has 2 fully saturated rings. The van der Waals surface area contributed by atoms with Crippen molar-refractivity contribution in [2.75, 3.05) is 14.2 Å². The molecule has 2 amide bonds. The van der Waals surface area contributed by atoms with Crippen LogP contribution in [-0.4, -0.2) is 55.3 Å². The first kappa shape index (κ1) is 18.0. The van der Waals surface area contributed by atoms with Crippen molar-refractivity contribution in [1.29, 1.82) is 0 Å². The summed E-state index contributed by atoms with van der Waals surface area (Å²) >= 11 is 0. The maximum absolute atomic E-state index is 13.2. The van der Waals surface area contributed by atoms with E-state index in [4.69, 9.17) is 4.74 Å². The number of carbonyl (C=O) groups is 2. The van der Waals surface area contributed by atoms with E-state index in [1.165, 1.54) is 20.0 Å². The number of ether oxygens (including phenoxy) is 2. The molecule has 23 heavy (non-hydrogen) atoms. The minimum Gasteiger partial charge on any atom is -0.453 e. The molecule has 1 aliphatic heterocycles. The minimum absolute atomic E-state index is 0.0437. The fourth-order valence-electron chi connectivity index (χ4n) is 4.11. The molecule has 0 bridgehead atoms. The second-order valence-corrected chi connectivity index (χ2v) is 7.11. The predicted octanol–water partition coefficient (Wildman–Crippen LogP) is 2.17. The molecule has 0 aromatic carbocycles. The summed E-state index contributed by atoms with van der Waals surface area (Å²) < 4.78 is 10.0. The molecule has 132 valence electrons. The quantitative estimate of drug-likeness (QED) is 0.841. The van der Waals surface area contributed by atoms with Gasteiger partial charge in [-0.3, -0.25) is 4.79 Å². The summed E-state index contributed by atoms with van der Waals surface area (Å²) in [4.78, 5) is 26.9. The van der Waals surface area contributed by atoms with Crippen molar-refractivity contribution >= 4 is 12.0 Å². The first-order valence-electron chi connectivity index (χ1n) is 8.60. The monoisotopic (exact) mass is 326 g/mol. The summed E-state index contributed by atoms with van der Waals surface area (Å²) in [6, 6.07) is -0.169. The molecule has 0 radical (unpaired) electrons. The van der Waals surface area contributed by atoms with Gasteiger partial charge in [0.1, 0.15) is 6.04 Å². The van der Waals surface area contributed by atoms with Gasteiger partial charge in [-0.1, -0.05) is 20.3 Å². The normalized spacial score (nSPS) is 29.3. The van der Waals surface area contributed by atoms with Crippen molar-refractivity contribution in [2.45, 2.75) is 70.7 Å². The third-order valence-electron chi connectivity index (χ3n) is 5.47. The molecule has 1 unspecified atom stereocenters. The highest BCUT2D eigenvalue weighted by Gasteiger charge is 2.48. The average molecular weight is 326 g/mol. The van der Waals surface area contributed by atoms with Gasteiger partial charge in [-0.15, -0.1) is 0 Å². The van der Waals surface area contributed by atoms with Crippen molar-refractivity contribution < 1.29 is 19.1 Å². The van der Waals surface area contributed by atoms with E-state index in [2.05, 4.69) is 23.9 Å². The lowest BCUT2D eigenvalue weighted by atomic mass is 9.96. The molecular weight excluding hydrogens is 296 g/mol. The van der Waals surface area contributed by atoms with E-state index < -0.39 is 18.2 Å². The molecule has 0 aromatic rings. The molecule has 1 heterocycles. The van der Waals surface area contributed by atoms with Gasteiger partial charge in [-0.05, 0) is 38.0 Å². The van der Waals surface area contributed by atoms with Gasteiger partial charge in [0, 0.05) is 19.2 Å². The molecular formula is C17H30N2O4. The fraction of sp³-hybridized carbons (Fsp3) is 0.882. The largest absolute Gasteiger partial charge is 0.453 e. The highest BCUT2D eigenvalue weighted by atomic mass is 16.5. The lowest BCUT2D eigenvalue weighted by Gasteiger charge is -2.36. The van der Waals surface area contributed by atoms with Crippen molar-refractivity contribution in [3.05, 3.63) is 0 Å². The third kappa shape index (κ3) is 3.62. The zero-order valence-electron chi connectivity index (χ0n) is 14.9.